The van der Waals surface area contributed by atoms with Crippen LogP contribution in [0.1, 0.15) is 30.9 Å². The van der Waals surface area contributed by atoms with Gasteiger partial charge >= 0.3 is 0 Å². The monoisotopic (exact) mass is 417 g/mol. The predicted molar refractivity (Wildman–Crippen MR) is 110 cm³/mol. The van der Waals surface area contributed by atoms with E-state index in [0.717, 1.165) is 18.4 Å². The molecule has 2 aromatic carbocycles. The van der Waals surface area contributed by atoms with Crippen molar-refractivity contribution in [1.29, 1.82) is 0 Å². The SMILES string of the molecule is CCCCOc1ccc(CN2C(=O)C3(OCCO3)c3cccc(Cl)c32)cc1OC. The van der Waals surface area contributed by atoms with E-state index in [1.807, 2.05) is 24.3 Å². The highest BCUT2D eigenvalue weighted by Gasteiger charge is 2.56. The average molecular weight is 418 g/mol. The highest BCUT2D eigenvalue weighted by Crippen LogP contribution is 2.49. The number of fused-ring (bicyclic) bond motifs is 2. The van der Waals surface area contributed by atoms with Gasteiger partial charge < -0.3 is 23.8 Å². The highest BCUT2D eigenvalue weighted by atomic mass is 35.5. The van der Waals surface area contributed by atoms with Crippen LogP contribution >= 0.6 is 11.6 Å². The van der Waals surface area contributed by atoms with Gasteiger partial charge in [0.25, 0.3) is 11.7 Å². The third-order valence-electron chi connectivity index (χ3n) is 5.16. The van der Waals surface area contributed by atoms with Gasteiger partial charge in [-0.2, -0.15) is 0 Å². The van der Waals surface area contributed by atoms with Gasteiger partial charge in [-0.3, -0.25) is 4.79 Å². The Morgan fingerprint density at radius 1 is 1.17 bits per heavy atom. The molecule has 0 atom stereocenters. The molecule has 7 heteroatoms. The Morgan fingerprint density at radius 3 is 2.69 bits per heavy atom. The lowest BCUT2D eigenvalue weighted by atomic mass is 10.1. The van der Waals surface area contributed by atoms with E-state index in [1.54, 1.807) is 24.1 Å². The Balaban J connectivity index is 1.64. The fraction of sp³-hybridized carbons (Fsp3) is 0.409. The van der Waals surface area contributed by atoms with Crippen LogP contribution in [-0.2, 0) is 26.6 Å². The molecule has 6 nitrogen and oxygen atoms in total. The minimum absolute atomic E-state index is 0.264. The minimum Gasteiger partial charge on any atom is -0.493 e. The summed E-state index contributed by atoms with van der Waals surface area (Å²) in [5.41, 5.74) is 2.17. The van der Waals surface area contributed by atoms with Gasteiger partial charge in [-0.1, -0.05) is 43.1 Å². The minimum atomic E-state index is -1.40. The molecule has 2 aromatic rings. The zero-order chi connectivity index (χ0) is 20.4. The Labute approximate surface area is 175 Å². The summed E-state index contributed by atoms with van der Waals surface area (Å²) in [6, 6.07) is 11.1. The summed E-state index contributed by atoms with van der Waals surface area (Å²) in [5, 5.41) is 0.485. The second-order valence-electron chi connectivity index (χ2n) is 7.03. The lowest BCUT2D eigenvalue weighted by Crippen LogP contribution is -2.40. The maximum absolute atomic E-state index is 13.3. The van der Waals surface area contributed by atoms with Crippen LogP contribution < -0.4 is 14.4 Å². The van der Waals surface area contributed by atoms with Crippen molar-refractivity contribution in [1.82, 2.24) is 0 Å². The number of ether oxygens (including phenoxy) is 4. The summed E-state index contributed by atoms with van der Waals surface area (Å²) in [4.78, 5) is 14.9. The summed E-state index contributed by atoms with van der Waals surface area (Å²) in [7, 11) is 1.61. The van der Waals surface area contributed by atoms with Crippen LogP contribution in [-0.4, -0.2) is 32.8 Å². The van der Waals surface area contributed by atoms with Crippen molar-refractivity contribution in [2.24, 2.45) is 0 Å². The predicted octanol–water partition coefficient (Wildman–Crippen LogP) is 4.27. The average Bonchev–Trinajstić information content (AvgIpc) is 3.31. The van der Waals surface area contributed by atoms with Gasteiger partial charge in [0.2, 0.25) is 0 Å². The third kappa shape index (κ3) is 3.45. The van der Waals surface area contributed by atoms with Gasteiger partial charge in [0.1, 0.15) is 0 Å². The molecular formula is C22H24ClNO5. The van der Waals surface area contributed by atoms with Crippen LogP contribution in [0.2, 0.25) is 5.02 Å². The van der Waals surface area contributed by atoms with Crippen LogP contribution in [0.15, 0.2) is 36.4 Å². The number of amides is 1. The van der Waals surface area contributed by atoms with E-state index in [0.29, 0.717) is 54.1 Å². The number of carbonyl (C=O) groups excluding carboxylic acids is 1. The third-order valence-corrected chi connectivity index (χ3v) is 5.46. The van der Waals surface area contributed by atoms with Crippen molar-refractivity contribution in [2.45, 2.75) is 32.1 Å². The number of carbonyl (C=O) groups is 1. The Hall–Kier alpha value is -2.28. The molecule has 1 amide bonds. The van der Waals surface area contributed by atoms with Crippen molar-refractivity contribution in [3.63, 3.8) is 0 Å². The van der Waals surface area contributed by atoms with Gasteiger partial charge in [0.05, 0.1) is 44.2 Å². The zero-order valence-corrected chi connectivity index (χ0v) is 17.3. The van der Waals surface area contributed by atoms with Gasteiger partial charge in [-0.05, 0) is 30.2 Å². The molecule has 0 aliphatic carbocycles. The first-order valence-corrected chi connectivity index (χ1v) is 10.2. The van der Waals surface area contributed by atoms with E-state index >= 15 is 0 Å². The fourth-order valence-electron chi connectivity index (χ4n) is 3.73. The molecule has 1 saturated heterocycles. The first-order valence-electron chi connectivity index (χ1n) is 9.79. The molecule has 0 N–H and O–H groups in total. The van der Waals surface area contributed by atoms with E-state index in [9.17, 15) is 4.79 Å². The number of unbranched alkanes of at least 4 members (excludes halogenated alkanes) is 1. The summed E-state index contributed by atoms with van der Waals surface area (Å²) in [5.74, 6) is -0.337. The number of benzene rings is 2. The topological polar surface area (TPSA) is 57.2 Å². The van der Waals surface area contributed by atoms with Gasteiger partial charge in [-0.25, -0.2) is 0 Å². The van der Waals surface area contributed by atoms with E-state index in [4.69, 9.17) is 30.5 Å². The maximum atomic E-state index is 13.3. The van der Waals surface area contributed by atoms with E-state index in [1.165, 1.54) is 0 Å². The molecular weight excluding hydrogens is 394 g/mol. The maximum Gasteiger partial charge on any atom is 0.292 e. The zero-order valence-electron chi connectivity index (χ0n) is 16.6. The van der Waals surface area contributed by atoms with E-state index in [-0.39, 0.29) is 5.91 Å². The Kier molecular flexibility index (Phi) is 5.67. The van der Waals surface area contributed by atoms with E-state index < -0.39 is 5.79 Å². The van der Waals surface area contributed by atoms with Crippen LogP contribution in [0.4, 0.5) is 5.69 Å². The van der Waals surface area contributed by atoms with Crippen LogP contribution in [0.25, 0.3) is 0 Å². The number of para-hydroxylation sites is 1. The molecule has 4 rings (SSSR count). The van der Waals surface area contributed by atoms with Crippen LogP contribution in [0, 0.1) is 0 Å². The molecule has 2 heterocycles. The number of nitrogens with zero attached hydrogens (tertiary/aromatic N) is 1. The standard InChI is InChI=1S/C22H24ClNO5/c1-3-4-10-27-18-9-8-15(13-19(18)26-2)14-24-20-16(6-5-7-17(20)23)22(21(24)25)28-11-12-29-22/h5-9,13H,3-4,10-12,14H2,1-2H3. The first kappa shape index (κ1) is 20.0. The summed E-state index contributed by atoms with van der Waals surface area (Å²) in [6.45, 7) is 3.79. The van der Waals surface area contributed by atoms with E-state index in [2.05, 4.69) is 6.92 Å². The first-order chi connectivity index (χ1) is 14.1. The summed E-state index contributed by atoms with van der Waals surface area (Å²) in [6.07, 6.45) is 2.04. The molecule has 0 radical (unpaired) electrons. The number of rotatable bonds is 7. The number of hydrogen-bond acceptors (Lipinski definition) is 5. The molecule has 1 spiro atoms. The van der Waals surface area contributed by atoms with Gasteiger partial charge in [0, 0.05) is 5.56 Å². The lowest BCUT2D eigenvalue weighted by Gasteiger charge is -2.22. The molecule has 2 aliphatic heterocycles. The number of halogens is 1. The van der Waals surface area contributed by atoms with Crippen LogP contribution in [0.3, 0.4) is 0 Å². The molecule has 0 aromatic heterocycles. The Bertz CT molecular complexity index is 910. The highest BCUT2D eigenvalue weighted by molar-refractivity contribution is 6.35. The van der Waals surface area contributed by atoms with Gasteiger partial charge in [0.15, 0.2) is 11.5 Å². The normalized spacial score (nSPS) is 17.1. The summed E-state index contributed by atoms with van der Waals surface area (Å²) >= 11 is 6.46. The van der Waals surface area contributed by atoms with Gasteiger partial charge in [-0.15, -0.1) is 0 Å². The smallest absolute Gasteiger partial charge is 0.292 e. The van der Waals surface area contributed by atoms with Crippen molar-refractivity contribution in [3.8, 4) is 11.5 Å². The summed E-state index contributed by atoms with van der Waals surface area (Å²) < 4.78 is 22.8. The second-order valence-corrected chi connectivity index (χ2v) is 7.44. The second kappa shape index (κ2) is 8.22. The quantitative estimate of drug-likeness (QED) is 0.629. The van der Waals surface area contributed by atoms with Crippen LogP contribution in [0.5, 0.6) is 11.5 Å². The number of hydrogen-bond donors (Lipinski definition) is 0. The number of anilines is 1. The van der Waals surface area contributed by atoms with Crippen molar-refractivity contribution >= 4 is 23.2 Å². The number of methoxy groups -OCH3 is 1. The lowest BCUT2D eigenvalue weighted by molar-refractivity contribution is -0.180. The largest absolute Gasteiger partial charge is 0.493 e. The molecule has 0 saturated carbocycles. The Morgan fingerprint density at radius 2 is 1.97 bits per heavy atom. The molecule has 0 unspecified atom stereocenters. The molecule has 29 heavy (non-hydrogen) atoms. The molecule has 1 fully saturated rings. The molecule has 2 aliphatic rings. The van der Waals surface area contributed by atoms with Crippen molar-refractivity contribution in [2.75, 3.05) is 31.8 Å². The van der Waals surface area contributed by atoms with Crippen molar-refractivity contribution in [3.05, 3.63) is 52.5 Å². The van der Waals surface area contributed by atoms with Crippen molar-refractivity contribution < 1.29 is 23.7 Å². The fourth-order valence-corrected chi connectivity index (χ4v) is 4.01. The molecule has 154 valence electrons. The molecule has 0 bridgehead atoms.